The second kappa shape index (κ2) is 4.12. The van der Waals surface area contributed by atoms with Crippen LogP contribution in [-0.2, 0) is 0 Å². The molecule has 1 aromatic carbocycles. The Bertz CT molecular complexity index is 414. The molecule has 0 bridgehead atoms. The van der Waals surface area contributed by atoms with E-state index in [-0.39, 0.29) is 5.46 Å². The lowest BCUT2D eigenvalue weighted by Gasteiger charge is -2.07. The molecule has 0 aliphatic carbocycles. The van der Waals surface area contributed by atoms with Gasteiger partial charge in [-0.15, -0.1) is 0 Å². The second-order valence-electron chi connectivity index (χ2n) is 2.75. The third kappa shape index (κ3) is 2.14. The van der Waals surface area contributed by atoms with E-state index >= 15 is 0 Å². The lowest BCUT2D eigenvalue weighted by molar-refractivity contribution is 0.0652. The summed E-state index contributed by atoms with van der Waals surface area (Å²) in [7, 11) is -2.02. The summed E-state index contributed by atoms with van der Waals surface area (Å²) in [5, 5.41) is 35.2. The molecule has 1 rings (SSSR count). The Hall–Kier alpha value is -1.86. The van der Waals surface area contributed by atoms with Crippen molar-refractivity contribution in [1.82, 2.24) is 0 Å². The zero-order valence-corrected chi connectivity index (χ0v) is 7.41. The summed E-state index contributed by atoms with van der Waals surface area (Å²) in [5.41, 5.74) is -1.43. The predicted octanol–water partition coefficient (Wildman–Crippen LogP) is -1.24. The molecule has 0 heterocycles. The van der Waals surface area contributed by atoms with E-state index in [0.717, 1.165) is 12.1 Å². The van der Waals surface area contributed by atoms with E-state index in [9.17, 15) is 9.59 Å². The van der Waals surface area contributed by atoms with Gasteiger partial charge in [-0.25, -0.2) is 9.59 Å². The number of hydrogen-bond acceptors (Lipinski definition) is 4. The van der Waals surface area contributed by atoms with Crippen molar-refractivity contribution in [2.24, 2.45) is 0 Å². The van der Waals surface area contributed by atoms with Gasteiger partial charge >= 0.3 is 19.1 Å². The van der Waals surface area contributed by atoms with Crippen LogP contribution in [0.15, 0.2) is 18.2 Å². The average Bonchev–Trinajstić information content (AvgIpc) is 2.16. The van der Waals surface area contributed by atoms with Crippen LogP contribution in [0.3, 0.4) is 0 Å². The molecule has 0 spiro atoms. The molecule has 7 heteroatoms. The number of carbonyl (C=O) groups is 2. The highest BCUT2D eigenvalue weighted by Crippen LogP contribution is 2.07. The Labute approximate surface area is 84.6 Å². The molecular formula is C8H7BO6. The third-order valence-corrected chi connectivity index (χ3v) is 1.82. The molecular weight excluding hydrogens is 203 g/mol. The standard InChI is InChI=1S/C8H7BO6/c10-7(11)4-2-1-3-5(9(14)15)6(4)8(12)13/h1-3,14-15H,(H,10,11)(H,12,13). The SMILES string of the molecule is O=C(O)c1cccc(B(O)O)c1C(=O)O. The molecule has 0 unspecified atom stereocenters. The van der Waals surface area contributed by atoms with Gasteiger partial charge in [0, 0.05) is 0 Å². The van der Waals surface area contributed by atoms with Crippen LogP contribution in [0.1, 0.15) is 20.7 Å². The number of aromatic carboxylic acids is 2. The number of hydrogen-bond donors (Lipinski definition) is 4. The fraction of sp³-hybridized carbons (Fsp3) is 0. The second-order valence-corrected chi connectivity index (χ2v) is 2.75. The Balaban J connectivity index is 3.48. The van der Waals surface area contributed by atoms with Crippen LogP contribution < -0.4 is 5.46 Å². The minimum atomic E-state index is -2.02. The van der Waals surface area contributed by atoms with E-state index < -0.39 is 30.2 Å². The first-order chi connectivity index (χ1) is 6.95. The van der Waals surface area contributed by atoms with Gasteiger partial charge in [-0.05, 0) is 11.5 Å². The monoisotopic (exact) mass is 210 g/mol. The van der Waals surface area contributed by atoms with Crippen LogP contribution in [0.5, 0.6) is 0 Å². The maximum atomic E-state index is 10.8. The van der Waals surface area contributed by atoms with E-state index in [4.69, 9.17) is 20.3 Å². The summed E-state index contributed by atoms with van der Waals surface area (Å²) in [6, 6.07) is 3.46. The van der Waals surface area contributed by atoms with Crippen LogP contribution in [0, 0.1) is 0 Å². The van der Waals surface area contributed by atoms with Crippen molar-refractivity contribution in [1.29, 1.82) is 0 Å². The average molecular weight is 210 g/mol. The van der Waals surface area contributed by atoms with Gasteiger partial charge in [0.2, 0.25) is 0 Å². The lowest BCUT2D eigenvalue weighted by Crippen LogP contribution is -2.36. The minimum absolute atomic E-state index is 0.345. The first-order valence-corrected chi connectivity index (χ1v) is 3.90. The highest BCUT2D eigenvalue weighted by molar-refractivity contribution is 6.60. The van der Waals surface area contributed by atoms with Gasteiger partial charge in [0.25, 0.3) is 0 Å². The maximum Gasteiger partial charge on any atom is 0.489 e. The van der Waals surface area contributed by atoms with Crippen molar-refractivity contribution in [2.45, 2.75) is 0 Å². The van der Waals surface area contributed by atoms with Gasteiger partial charge in [-0.2, -0.15) is 0 Å². The van der Waals surface area contributed by atoms with Gasteiger partial charge in [0.15, 0.2) is 0 Å². The van der Waals surface area contributed by atoms with E-state index in [2.05, 4.69) is 0 Å². The van der Waals surface area contributed by atoms with Crippen LogP contribution in [-0.4, -0.2) is 39.3 Å². The van der Waals surface area contributed by atoms with Crippen LogP contribution in [0.4, 0.5) is 0 Å². The minimum Gasteiger partial charge on any atom is -0.478 e. The smallest absolute Gasteiger partial charge is 0.478 e. The van der Waals surface area contributed by atoms with Crippen molar-refractivity contribution in [3.63, 3.8) is 0 Å². The van der Waals surface area contributed by atoms with Crippen molar-refractivity contribution in [2.75, 3.05) is 0 Å². The van der Waals surface area contributed by atoms with E-state index in [1.807, 2.05) is 0 Å². The van der Waals surface area contributed by atoms with E-state index in [1.54, 1.807) is 0 Å². The van der Waals surface area contributed by atoms with Crippen molar-refractivity contribution in [3.8, 4) is 0 Å². The normalized spacial score (nSPS) is 9.73. The molecule has 4 N–H and O–H groups in total. The topological polar surface area (TPSA) is 115 Å². The number of carboxylic acid groups (broad SMARTS) is 2. The summed E-state index contributed by atoms with van der Waals surface area (Å²) in [5.74, 6) is -2.95. The Morgan fingerprint density at radius 2 is 1.67 bits per heavy atom. The third-order valence-electron chi connectivity index (χ3n) is 1.82. The molecule has 15 heavy (non-hydrogen) atoms. The van der Waals surface area contributed by atoms with Gasteiger partial charge in [0.05, 0.1) is 11.1 Å². The Morgan fingerprint density at radius 3 is 2.07 bits per heavy atom. The zero-order chi connectivity index (χ0) is 11.6. The highest BCUT2D eigenvalue weighted by atomic mass is 16.4. The number of rotatable bonds is 3. The largest absolute Gasteiger partial charge is 0.489 e. The first kappa shape index (κ1) is 11.2. The summed E-state index contributed by atoms with van der Waals surface area (Å²) in [4.78, 5) is 21.4. The van der Waals surface area contributed by atoms with Gasteiger partial charge in [-0.3, -0.25) is 0 Å². The first-order valence-electron chi connectivity index (χ1n) is 3.90. The summed E-state index contributed by atoms with van der Waals surface area (Å²) in [6.07, 6.45) is 0. The molecule has 0 amide bonds. The quantitative estimate of drug-likeness (QED) is 0.464. The van der Waals surface area contributed by atoms with Crippen molar-refractivity contribution < 1.29 is 29.9 Å². The van der Waals surface area contributed by atoms with E-state index in [0.29, 0.717) is 0 Å². The van der Waals surface area contributed by atoms with E-state index in [1.165, 1.54) is 6.07 Å². The Kier molecular flexibility index (Phi) is 3.08. The molecule has 6 nitrogen and oxygen atoms in total. The maximum absolute atomic E-state index is 10.8. The zero-order valence-electron chi connectivity index (χ0n) is 7.41. The molecule has 0 fully saturated rings. The molecule has 0 saturated carbocycles. The number of carboxylic acids is 2. The molecule has 0 aliphatic heterocycles. The lowest BCUT2D eigenvalue weighted by atomic mass is 9.75. The summed E-state index contributed by atoms with van der Waals surface area (Å²) in [6.45, 7) is 0. The molecule has 0 aliphatic rings. The molecule has 78 valence electrons. The summed E-state index contributed by atoms with van der Waals surface area (Å²) < 4.78 is 0. The van der Waals surface area contributed by atoms with Crippen LogP contribution in [0.2, 0.25) is 0 Å². The van der Waals surface area contributed by atoms with Gasteiger partial charge < -0.3 is 20.3 Å². The van der Waals surface area contributed by atoms with Crippen LogP contribution in [0.25, 0.3) is 0 Å². The molecule has 0 atom stereocenters. The molecule has 1 aromatic rings. The highest BCUT2D eigenvalue weighted by Gasteiger charge is 2.25. The Morgan fingerprint density at radius 1 is 1.07 bits per heavy atom. The van der Waals surface area contributed by atoms with Crippen molar-refractivity contribution in [3.05, 3.63) is 29.3 Å². The fourth-order valence-corrected chi connectivity index (χ4v) is 1.20. The van der Waals surface area contributed by atoms with Crippen LogP contribution >= 0.6 is 0 Å². The van der Waals surface area contributed by atoms with Crippen molar-refractivity contribution >= 4 is 24.5 Å². The van der Waals surface area contributed by atoms with Gasteiger partial charge in [-0.1, -0.05) is 12.1 Å². The molecule has 0 radical (unpaired) electrons. The predicted molar refractivity (Wildman–Crippen MR) is 50.2 cm³/mol. The molecule has 0 saturated heterocycles. The summed E-state index contributed by atoms with van der Waals surface area (Å²) >= 11 is 0. The number of benzene rings is 1. The van der Waals surface area contributed by atoms with Gasteiger partial charge in [0.1, 0.15) is 0 Å². The fourth-order valence-electron chi connectivity index (χ4n) is 1.20. The molecule has 0 aromatic heterocycles.